The summed E-state index contributed by atoms with van der Waals surface area (Å²) in [4.78, 5) is 25.0. The highest BCUT2D eigenvalue weighted by Gasteiger charge is 2.63. The van der Waals surface area contributed by atoms with Crippen LogP contribution < -0.4 is 0 Å². The number of carboxylic acid groups (broad SMARTS) is 1. The first kappa shape index (κ1) is 11.1. The van der Waals surface area contributed by atoms with Gasteiger partial charge in [-0.05, 0) is 30.1 Å². The van der Waals surface area contributed by atoms with E-state index in [2.05, 4.69) is 13.8 Å². The summed E-state index contributed by atoms with van der Waals surface area (Å²) in [6.45, 7) is 6.21. The largest absolute Gasteiger partial charge is 0.481 e. The molecule has 0 spiro atoms. The Hall–Kier alpha value is -1.06. The van der Waals surface area contributed by atoms with Crippen LogP contribution in [0.25, 0.3) is 0 Å². The van der Waals surface area contributed by atoms with Gasteiger partial charge in [-0.15, -0.1) is 0 Å². The van der Waals surface area contributed by atoms with Crippen molar-refractivity contribution in [2.45, 2.75) is 26.7 Å². The standard InChI is InChI=1S/C13H19NO3/c1-13(2)9-5-14(6-10(9)13)11(15)7-3-4-8(7)12(16)17/h7-10H,3-6H2,1-2H3,(H,16,17). The van der Waals surface area contributed by atoms with Crippen LogP contribution in [0.3, 0.4) is 0 Å². The SMILES string of the molecule is CC1(C)C2CN(C(=O)C3CCC3C(=O)O)CC21. The van der Waals surface area contributed by atoms with Crippen molar-refractivity contribution >= 4 is 11.9 Å². The lowest BCUT2D eigenvalue weighted by Gasteiger charge is -2.36. The third kappa shape index (κ3) is 1.42. The summed E-state index contributed by atoms with van der Waals surface area (Å²) < 4.78 is 0. The second-order valence-corrected chi connectivity index (χ2v) is 6.41. The molecule has 0 aromatic carbocycles. The molecule has 1 aliphatic heterocycles. The number of piperidine rings is 1. The number of hydrogen-bond acceptors (Lipinski definition) is 2. The van der Waals surface area contributed by atoms with E-state index in [9.17, 15) is 9.59 Å². The number of rotatable bonds is 2. The van der Waals surface area contributed by atoms with E-state index in [1.54, 1.807) is 0 Å². The normalized spacial score (nSPS) is 41.6. The predicted octanol–water partition coefficient (Wildman–Crippen LogP) is 1.21. The Morgan fingerprint density at radius 2 is 1.65 bits per heavy atom. The van der Waals surface area contributed by atoms with Crippen molar-refractivity contribution in [3.05, 3.63) is 0 Å². The number of likely N-dealkylation sites (tertiary alicyclic amines) is 1. The van der Waals surface area contributed by atoms with Crippen LogP contribution in [-0.4, -0.2) is 35.0 Å². The maximum absolute atomic E-state index is 12.2. The van der Waals surface area contributed by atoms with Gasteiger partial charge in [-0.3, -0.25) is 9.59 Å². The zero-order chi connectivity index (χ0) is 12.4. The van der Waals surface area contributed by atoms with Crippen LogP contribution >= 0.6 is 0 Å². The zero-order valence-corrected chi connectivity index (χ0v) is 10.3. The molecular weight excluding hydrogens is 218 g/mol. The molecule has 1 amide bonds. The molecule has 1 saturated heterocycles. The number of aliphatic carboxylic acids is 1. The van der Waals surface area contributed by atoms with Gasteiger partial charge < -0.3 is 10.0 Å². The van der Waals surface area contributed by atoms with Crippen LogP contribution in [0.4, 0.5) is 0 Å². The van der Waals surface area contributed by atoms with Gasteiger partial charge in [-0.1, -0.05) is 13.8 Å². The van der Waals surface area contributed by atoms with Gasteiger partial charge in [-0.25, -0.2) is 0 Å². The minimum atomic E-state index is -0.806. The van der Waals surface area contributed by atoms with Crippen molar-refractivity contribution < 1.29 is 14.7 Å². The second-order valence-electron chi connectivity index (χ2n) is 6.41. The monoisotopic (exact) mass is 237 g/mol. The molecule has 4 unspecified atom stereocenters. The van der Waals surface area contributed by atoms with Gasteiger partial charge in [0.15, 0.2) is 0 Å². The number of fused-ring (bicyclic) bond motifs is 1. The zero-order valence-electron chi connectivity index (χ0n) is 10.3. The highest BCUT2D eigenvalue weighted by molar-refractivity contribution is 5.86. The molecule has 1 heterocycles. The topological polar surface area (TPSA) is 57.6 Å². The van der Waals surface area contributed by atoms with Gasteiger partial charge in [0.1, 0.15) is 0 Å². The fourth-order valence-corrected chi connectivity index (χ4v) is 3.64. The van der Waals surface area contributed by atoms with E-state index in [0.29, 0.717) is 23.7 Å². The van der Waals surface area contributed by atoms with E-state index in [-0.39, 0.29) is 11.8 Å². The Bertz CT molecular complexity index is 376. The van der Waals surface area contributed by atoms with E-state index >= 15 is 0 Å². The number of carboxylic acids is 1. The van der Waals surface area contributed by atoms with E-state index in [1.807, 2.05) is 4.90 Å². The smallest absolute Gasteiger partial charge is 0.307 e. The molecular formula is C13H19NO3. The number of nitrogens with zero attached hydrogens (tertiary/aromatic N) is 1. The summed E-state index contributed by atoms with van der Waals surface area (Å²) in [5.41, 5.74) is 0.405. The average molecular weight is 237 g/mol. The van der Waals surface area contributed by atoms with Crippen molar-refractivity contribution in [1.29, 1.82) is 0 Å². The fourth-order valence-electron chi connectivity index (χ4n) is 3.64. The predicted molar refractivity (Wildman–Crippen MR) is 61.2 cm³/mol. The molecule has 4 nitrogen and oxygen atoms in total. The van der Waals surface area contributed by atoms with E-state index in [4.69, 9.17) is 5.11 Å². The first-order valence-electron chi connectivity index (χ1n) is 6.44. The lowest BCUT2D eigenvalue weighted by molar-refractivity contribution is -0.156. The Balaban J connectivity index is 1.61. The van der Waals surface area contributed by atoms with Crippen LogP contribution in [-0.2, 0) is 9.59 Å². The lowest BCUT2D eigenvalue weighted by Crippen LogP contribution is -2.46. The molecule has 3 rings (SSSR count). The molecule has 3 aliphatic rings. The molecule has 0 radical (unpaired) electrons. The maximum atomic E-state index is 12.2. The second kappa shape index (κ2) is 3.24. The van der Waals surface area contributed by atoms with Crippen LogP contribution in [0, 0.1) is 29.1 Å². The van der Waals surface area contributed by atoms with Crippen LogP contribution in [0.15, 0.2) is 0 Å². The maximum Gasteiger partial charge on any atom is 0.307 e. The number of hydrogen-bond donors (Lipinski definition) is 1. The molecule has 0 aromatic rings. The van der Waals surface area contributed by atoms with Crippen LogP contribution in [0.5, 0.6) is 0 Å². The van der Waals surface area contributed by atoms with E-state index in [0.717, 1.165) is 19.5 Å². The first-order chi connectivity index (χ1) is 7.93. The Kier molecular flexibility index (Phi) is 2.11. The van der Waals surface area contributed by atoms with Gasteiger partial charge in [0.25, 0.3) is 0 Å². The highest BCUT2D eigenvalue weighted by Crippen LogP contribution is 2.62. The van der Waals surface area contributed by atoms with E-state index in [1.165, 1.54) is 0 Å². The Morgan fingerprint density at radius 1 is 1.12 bits per heavy atom. The summed E-state index contributed by atoms with van der Waals surface area (Å²) in [7, 11) is 0. The molecule has 4 atom stereocenters. The molecule has 2 aliphatic carbocycles. The molecule has 94 valence electrons. The third-order valence-corrected chi connectivity index (χ3v) is 5.34. The number of carbonyl (C=O) groups excluding carboxylic acids is 1. The van der Waals surface area contributed by atoms with Crippen molar-refractivity contribution in [2.75, 3.05) is 13.1 Å². The van der Waals surface area contributed by atoms with Gasteiger partial charge in [0.05, 0.1) is 11.8 Å². The summed E-state index contributed by atoms with van der Waals surface area (Å²) >= 11 is 0. The summed E-state index contributed by atoms with van der Waals surface area (Å²) in [6, 6.07) is 0. The van der Waals surface area contributed by atoms with Gasteiger partial charge in [-0.2, -0.15) is 0 Å². The minimum Gasteiger partial charge on any atom is -0.481 e. The van der Waals surface area contributed by atoms with Crippen molar-refractivity contribution in [3.8, 4) is 0 Å². The summed E-state index contributed by atoms with van der Waals surface area (Å²) in [5, 5.41) is 8.97. The van der Waals surface area contributed by atoms with Gasteiger partial charge in [0.2, 0.25) is 5.91 Å². The van der Waals surface area contributed by atoms with E-state index < -0.39 is 11.9 Å². The number of carbonyl (C=O) groups is 2. The Morgan fingerprint density at radius 3 is 2.06 bits per heavy atom. The van der Waals surface area contributed by atoms with Crippen molar-refractivity contribution in [2.24, 2.45) is 29.1 Å². The molecule has 1 N–H and O–H groups in total. The summed E-state index contributed by atoms with van der Waals surface area (Å²) in [5.74, 6) is -0.0869. The average Bonchev–Trinajstić information content (AvgIpc) is 2.61. The highest BCUT2D eigenvalue weighted by atomic mass is 16.4. The van der Waals surface area contributed by atoms with Gasteiger partial charge in [0, 0.05) is 13.1 Å². The molecule has 2 saturated carbocycles. The van der Waals surface area contributed by atoms with Gasteiger partial charge >= 0.3 is 5.97 Å². The quantitative estimate of drug-likeness (QED) is 0.785. The molecule has 0 bridgehead atoms. The van der Waals surface area contributed by atoms with Crippen molar-refractivity contribution in [1.82, 2.24) is 4.90 Å². The molecule has 3 fully saturated rings. The fraction of sp³-hybridized carbons (Fsp3) is 0.846. The molecule has 0 aromatic heterocycles. The minimum absolute atomic E-state index is 0.0895. The Labute approximate surface area is 101 Å². The first-order valence-corrected chi connectivity index (χ1v) is 6.44. The van der Waals surface area contributed by atoms with Crippen molar-refractivity contribution in [3.63, 3.8) is 0 Å². The molecule has 17 heavy (non-hydrogen) atoms. The van der Waals surface area contributed by atoms with Crippen LogP contribution in [0.1, 0.15) is 26.7 Å². The van der Waals surface area contributed by atoms with Crippen LogP contribution in [0.2, 0.25) is 0 Å². The summed E-state index contributed by atoms with van der Waals surface area (Å²) in [6.07, 6.45) is 1.42. The third-order valence-electron chi connectivity index (χ3n) is 5.34. The molecule has 4 heteroatoms. The number of amides is 1. The lowest BCUT2D eigenvalue weighted by atomic mass is 9.73.